The van der Waals surface area contributed by atoms with Crippen LogP contribution in [0.1, 0.15) is 38.2 Å². The zero-order chi connectivity index (χ0) is 14.6. The minimum atomic E-state index is -3.46. The van der Waals surface area contributed by atoms with E-state index in [0.717, 1.165) is 18.4 Å². The van der Waals surface area contributed by atoms with Crippen molar-refractivity contribution in [1.29, 1.82) is 5.26 Å². The third-order valence-electron chi connectivity index (χ3n) is 3.96. The molecule has 108 valence electrons. The lowest BCUT2D eigenvalue weighted by molar-refractivity contribution is 0.424. The molecule has 1 aromatic rings. The number of nitrogens with one attached hydrogen (secondary N) is 1. The van der Waals surface area contributed by atoms with Crippen LogP contribution in [0.2, 0.25) is 0 Å². The van der Waals surface area contributed by atoms with Crippen molar-refractivity contribution in [1.82, 2.24) is 4.72 Å². The van der Waals surface area contributed by atoms with Gasteiger partial charge in [-0.1, -0.05) is 25.0 Å². The Bertz CT molecular complexity index is 581. The molecule has 0 radical (unpaired) electrons. The molecule has 1 fully saturated rings. The average molecular weight is 292 g/mol. The van der Waals surface area contributed by atoms with Gasteiger partial charge in [-0.3, -0.25) is 0 Å². The largest absolute Gasteiger partial charge is 0.240 e. The maximum Gasteiger partial charge on any atom is 0.240 e. The fourth-order valence-electron chi connectivity index (χ4n) is 2.74. The van der Waals surface area contributed by atoms with E-state index in [4.69, 9.17) is 5.26 Å². The van der Waals surface area contributed by atoms with Gasteiger partial charge in [-0.15, -0.1) is 0 Å². The normalized spacial score (nSPS) is 17.8. The highest BCUT2D eigenvalue weighted by Crippen LogP contribution is 2.28. The number of rotatable bonds is 5. The van der Waals surface area contributed by atoms with Gasteiger partial charge in [-0.05, 0) is 43.4 Å². The molecular formula is C15H20N2O2S. The Morgan fingerprint density at radius 2 is 1.90 bits per heavy atom. The van der Waals surface area contributed by atoms with Crippen LogP contribution in [0.3, 0.4) is 0 Å². The van der Waals surface area contributed by atoms with Crippen molar-refractivity contribution in [2.45, 2.75) is 50.0 Å². The Morgan fingerprint density at radius 3 is 2.45 bits per heavy atom. The van der Waals surface area contributed by atoms with E-state index >= 15 is 0 Å². The van der Waals surface area contributed by atoms with Crippen LogP contribution in [0.15, 0.2) is 29.2 Å². The minimum absolute atomic E-state index is 0.0266. The average Bonchev–Trinajstić information content (AvgIpc) is 2.93. The summed E-state index contributed by atoms with van der Waals surface area (Å²) >= 11 is 0. The summed E-state index contributed by atoms with van der Waals surface area (Å²) in [5.41, 5.74) is 0.829. The molecule has 1 saturated carbocycles. The highest BCUT2D eigenvalue weighted by Gasteiger charge is 2.25. The molecule has 1 aromatic carbocycles. The summed E-state index contributed by atoms with van der Waals surface area (Å²) in [6.07, 6.45) is 4.89. The second-order valence-corrected chi connectivity index (χ2v) is 7.15. The van der Waals surface area contributed by atoms with Crippen LogP contribution in [-0.2, 0) is 16.4 Å². The number of hydrogen-bond acceptors (Lipinski definition) is 3. The highest BCUT2D eigenvalue weighted by atomic mass is 32.2. The van der Waals surface area contributed by atoms with E-state index in [-0.39, 0.29) is 10.9 Å². The molecule has 0 heterocycles. The van der Waals surface area contributed by atoms with Crippen molar-refractivity contribution >= 4 is 10.0 Å². The maximum absolute atomic E-state index is 12.3. The molecule has 5 heteroatoms. The summed E-state index contributed by atoms with van der Waals surface area (Å²) in [6, 6.07) is 8.54. The smallest absolute Gasteiger partial charge is 0.208 e. The summed E-state index contributed by atoms with van der Waals surface area (Å²) in [7, 11) is -3.46. The van der Waals surface area contributed by atoms with Crippen LogP contribution in [0, 0.1) is 17.2 Å². The Hall–Kier alpha value is -1.38. The van der Waals surface area contributed by atoms with Crippen molar-refractivity contribution in [3.8, 4) is 6.07 Å². The van der Waals surface area contributed by atoms with Crippen molar-refractivity contribution in [3.63, 3.8) is 0 Å². The van der Waals surface area contributed by atoms with Gasteiger partial charge in [0.2, 0.25) is 10.0 Å². The molecule has 0 saturated heterocycles. The number of sulfonamides is 1. The van der Waals surface area contributed by atoms with E-state index in [1.165, 1.54) is 12.8 Å². The summed E-state index contributed by atoms with van der Waals surface area (Å²) in [4.78, 5) is 0.268. The van der Waals surface area contributed by atoms with E-state index < -0.39 is 10.0 Å². The number of benzene rings is 1. The molecule has 1 N–H and O–H groups in total. The Balaban J connectivity index is 2.07. The topological polar surface area (TPSA) is 70.0 Å². The van der Waals surface area contributed by atoms with Gasteiger partial charge in [-0.25, -0.2) is 13.1 Å². The van der Waals surface area contributed by atoms with Gasteiger partial charge in [0.05, 0.1) is 17.4 Å². The number of nitrogens with zero attached hydrogens (tertiary/aromatic N) is 1. The van der Waals surface area contributed by atoms with Crippen LogP contribution in [0.25, 0.3) is 0 Å². The first kappa shape index (κ1) is 15.0. The molecule has 0 amide bonds. The summed E-state index contributed by atoms with van der Waals surface area (Å²) in [5, 5.41) is 8.61. The van der Waals surface area contributed by atoms with Gasteiger partial charge in [0.1, 0.15) is 0 Å². The molecule has 20 heavy (non-hydrogen) atoms. The van der Waals surface area contributed by atoms with Crippen molar-refractivity contribution in [2.24, 2.45) is 5.92 Å². The lowest BCUT2D eigenvalue weighted by atomic mass is 10.0. The molecule has 0 aromatic heterocycles. The lowest BCUT2D eigenvalue weighted by Gasteiger charge is -2.20. The van der Waals surface area contributed by atoms with Crippen molar-refractivity contribution in [2.75, 3.05) is 0 Å². The number of hydrogen-bond donors (Lipinski definition) is 1. The predicted octanol–water partition coefficient (Wildman–Crippen LogP) is 2.61. The first-order valence-corrected chi connectivity index (χ1v) is 8.49. The summed E-state index contributed by atoms with van der Waals surface area (Å²) < 4.78 is 27.4. The fraction of sp³-hybridized carbons (Fsp3) is 0.533. The van der Waals surface area contributed by atoms with E-state index in [0.29, 0.717) is 12.3 Å². The molecule has 0 spiro atoms. The van der Waals surface area contributed by atoms with Gasteiger partial charge >= 0.3 is 0 Å². The monoisotopic (exact) mass is 292 g/mol. The standard InChI is InChI=1S/C15H20N2O2S/c1-12(14-4-2-3-5-14)17-20(18,19)15-8-6-13(7-9-15)10-11-16/h6-9,12,14,17H,2-5,10H2,1H3. The van der Waals surface area contributed by atoms with E-state index in [1.807, 2.05) is 13.0 Å². The predicted molar refractivity (Wildman–Crippen MR) is 77.5 cm³/mol. The van der Waals surface area contributed by atoms with Crippen LogP contribution >= 0.6 is 0 Å². The molecule has 0 bridgehead atoms. The van der Waals surface area contributed by atoms with Gasteiger partial charge in [-0.2, -0.15) is 5.26 Å². The quantitative estimate of drug-likeness (QED) is 0.907. The van der Waals surface area contributed by atoms with Gasteiger partial charge in [0.15, 0.2) is 0 Å². The maximum atomic E-state index is 12.3. The molecule has 1 unspecified atom stereocenters. The zero-order valence-corrected chi connectivity index (χ0v) is 12.5. The number of nitriles is 1. The van der Waals surface area contributed by atoms with E-state index in [1.54, 1.807) is 24.3 Å². The first-order valence-electron chi connectivity index (χ1n) is 7.01. The van der Waals surface area contributed by atoms with Crippen LogP contribution in [0.5, 0.6) is 0 Å². The Kier molecular flexibility index (Phi) is 4.79. The Morgan fingerprint density at radius 1 is 1.30 bits per heavy atom. The van der Waals surface area contributed by atoms with Crippen LogP contribution in [-0.4, -0.2) is 14.5 Å². The molecule has 2 rings (SSSR count). The Labute approximate surface area is 120 Å². The third-order valence-corrected chi connectivity index (χ3v) is 5.54. The van der Waals surface area contributed by atoms with Crippen molar-refractivity contribution in [3.05, 3.63) is 29.8 Å². The molecule has 0 aliphatic heterocycles. The minimum Gasteiger partial charge on any atom is -0.208 e. The van der Waals surface area contributed by atoms with Gasteiger partial charge < -0.3 is 0 Å². The summed E-state index contributed by atoms with van der Waals surface area (Å²) in [6.45, 7) is 1.94. The molecule has 4 nitrogen and oxygen atoms in total. The van der Waals surface area contributed by atoms with E-state index in [2.05, 4.69) is 4.72 Å². The van der Waals surface area contributed by atoms with Crippen LogP contribution < -0.4 is 4.72 Å². The molecule has 1 atom stereocenters. The van der Waals surface area contributed by atoms with Crippen LogP contribution in [0.4, 0.5) is 0 Å². The zero-order valence-electron chi connectivity index (χ0n) is 11.7. The fourth-order valence-corrected chi connectivity index (χ4v) is 4.06. The molecule has 1 aliphatic rings. The van der Waals surface area contributed by atoms with Crippen molar-refractivity contribution < 1.29 is 8.42 Å². The second kappa shape index (κ2) is 6.38. The highest BCUT2D eigenvalue weighted by molar-refractivity contribution is 7.89. The van der Waals surface area contributed by atoms with Gasteiger partial charge in [0.25, 0.3) is 0 Å². The van der Waals surface area contributed by atoms with E-state index in [9.17, 15) is 8.42 Å². The molecular weight excluding hydrogens is 272 g/mol. The summed E-state index contributed by atoms with van der Waals surface area (Å²) in [5.74, 6) is 0.447. The first-order chi connectivity index (χ1) is 9.53. The third kappa shape index (κ3) is 3.59. The van der Waals surface area contributed by atoms with Gasteiger partial charge in [0, 0.05) is 6.04 Å². The molecule has 1 aliphatic carbocycles. The lowest BCUT2D eigenvalue weighted by Crippen LogP contribution is -2.37. The SMILES string of the molecule is CC(NS(=O)(=O)c1ccc(CC#N)cc1)C1CCCC1. The second-order valence-electron chi connectivity index (χ2n) is 5.43.